The van der Waals surface area contributed by atoms with Gasteiger partial charge in [0.1, 0.15) is 18.0 Å². The third kappa shape index (κ3) is 2.86. The van der Waals surface area contributed by atoms with Gasteiger partial charge >= 0.3 is 0 Å². The van der Waals surface area contributed by atoms with E-state index in [2.05, 4.69) is 33.2 Å². The first-order valence-electron chi connectivity index (χ1n) is 9.35. The van der Waals surface area contributed by atoms with Crippen molar-refractivity contribution in [3.63, 3.8) is 0 Å². The Hall–Kier alpha value is -1.40. The van der Waals surface area contributed by atoms with Crippen LogP contribution in [0.15, 0.2) is 12.4 Å². The molecule has 3 fully saturated rings. The molecular weight excluding hydrogens is 304 g/mol. The number of nitrogens with one attached hydrogen (secondary N) is 1. The van der Waals surface area contributed by atoms with Crippen LogP contribution >= 0.6 is 0 Å². The zero-order chi connectivity index (χ0) is 16.4. The number of anilines is 2. The monoisotopic (exact) mass is 332 g/mol. The summed E-state index contributed by atoms with van der Waals surface area (Å²) in [5, 5.41) is 3.68. The Kier molecular flexibility index (Phi) is 4.59. The van der Waals surface area contributed by atoms with Gasteiger partial charge in [0, 0.05) is 50.4 Å². The van der Waals surface area contributed by atoms with E-state index in [0.29, 0.717) is 12.1 Å². The van der Waals surface area contributed by atoms with Gasteiger partial charge in [-0.25, -0.2) is 9.97 Å². The minimum absolute atomic E-state index is 0.201. The van der Waals surface area contributed by atoms with Crippen molar-refractivity contribution in [1.29, 1.82) is 0 Å². The van der Waals surface area contributed by atoms with Crippen molar-refractivity contribution in [2.75, 3.05) is 43.1 Å². The Balaban J connectivity index is 1.47. The van der Waals surface area contributed by atoms with Crippen molar-refractivity contribution in [2.24, 2.45) is 5.41 Å². The third-order valence-corrected chi connectivity index (χ3v) is 5.98. The first kappa shape index (κ1) is 16.1. The van der Waals surface area contributed by atoms with E-state index < -0.39 is 0 Å². The van der Waals surface area contributed by atoms with E-state index in [1.807, 2.05) is 0 Å². The molecule has 1 aromatic rings. The number of aromatic nitrogens is 2. The molecule has 1 aromatic heterocycles. The Bertz CT molecular complexity index is 556. The van der Waals surface area contributed by atoms with Crippen molar-refractivity contribution in [2.45, 2.75) is 51.2 Å². The molecule has 6 heteroatoms. The maximum absolute atomic E-state index is 6.01. The molecule has 4 rings (SSSR count). The van der Waals surface area contributed by atoms with Crippen LogP contribution in [0.3, 0.4) is 0 Å². The van der Waals surface area contributed by atoms with Crippen molar-refractivity contribution < 1.29 is 9.47 Å². The van der Waals surface area contributed by atoms with Gasteiger partial charge in [-0.15, -0.1) is 0 Å². The van der Waals surface area contributed by atoms with Crippen LogP contribution in [-0.2, 0) is 9.47 Å². The molecule has 6 nitrogen and oxygen atoms in total. The number of nitrogens with zero attached hydrogens (tertiary/aromatic N) is 3. The molecule has 1 spiro atoms. The third-order valence-electron chi connectivity index (χ3n) is 5.98. The van der Waals surface area contributed by atoms with Gasteiger partial charge in [0.2, 0.25) is 0 Å². The number of hydrogen-bond acceptors (Lipinski definition) is 6. The van der Waals surface area contributed by atoms with Gasteiger partial charge in [0.25, 0.3) is 0 Å². The van der Waals surface area contributed by atoms with Crippen LogP contribution in [-0.4, -0.2) is 55.0 Å². The van der Waals surface area contributed by atoms with Crippen molar-refractivity contribution in [3.8, 4) is 0 Å². The molecule has 3 heterocycles. The lowest BCUT2D eigenvalue weighted by Gasteiger charge is -2.57. The minimum atomic E-state index is 0.201. The largest absolute Gasteiger partial charge is 0.381 e. The van der Waals surface area contributed by atoms with E-state index in [1.165, 1.54) is 12.8 Å². The van der Waals surface area contributed by atoms with Gasteiger partial charge in [-0.1, -0.05) is 0 Å². The molecule has 0 radical (unpaired) electrons. The lowest BCUT2D eigenvalue weighted by atomic mass is 9.57. The highest BCUT2D eigenvalue weighted by molar-refractivity contribution is 5.50. The maximum Gasteiger partial charge on any atom is 0.134 e. The van der Waals surface area contributed by atoms with E-state index in [1.54, 1.807) is 6.33 Å². The van der Waals surface area contributed by atoms with E-state index >= 15 is 0 Å². The molecule has 132 valence electrons. The summed E-state index contributed by atoms with van der Waals surface area (Å²) in [6.07, 6.45) is 7.74. The maximum atomic E-state index is 6.01. The zero-order valence-corrected chi connectivity index (χ0v) is 14.5. The van der Waals surface area contributed by atoms with Crippen molar-refractivity contribution in [1.82, 2.24) is 9.97 Å². The molecule has 2 atom stereocenters. The summed E-state index contributed by atoms with van der Waals surface area (Å²) in [4.78, 5) is 11.3. The molecule has 1 N–H and O–H groups in total. The molecule has 0 aromatic carbocycles. The fourth-order valence-corrected chi connectivity index (χ4v) is 4.53. The van der Waals surface area contributed by atoms with Crippen LogP contribution in [0.1, 0.15) is 39.0 Å². The number of ether oxygens (including phenoxy) is 2. The van der Waals surface area contributed by atoms with Crippen LogP contribution in [0.5, 0.6) is 0 Å². The average molecular weight is 332 g/mol. The van der Waals surface area contributed by atoms with Crippen molar-refractivity contribution in [3.05, 3.63) is 12.4 Å². The van der Waals surface area contributed by atoms with E-state index in [-0.39, 0.29) is 5.41 Å². The van der Waals surface area contributed by atoms with Crippen LogP contribution in [0.25, 0.3) is 0 Å². The summed E-state index contributed by atoms with van der Waals surface area (Å²) in [6.45, 7) is 6.75. The molecule has 2 saturated heterocycles. The zero-order valence-electron chi connectivity index (χ0n) is 14.5. The topological polar surface area (TPSA) is 59.5 Å². The van der Waals surface area contributed by atoms with Gasteiger partial charge in [-0.3, -0.25) is 0 Å². The quantitative estimate of drug-likeness (QED) is 0.894. The van der Waals surface area contributed by atoms with Crippen LogP contribution in [0, 0.1) is 5.41 Å². The second-order valence-electron chi connectivity index (χ2n) is 7.18. The van der Waals surface area contributed by atoms with Gasteiger partial charge in [-0.05, 0) is 39.0 Å². The Morgan fingerprint density at radius 2 is 2.08 bits per heavy atom. The molecule has 0 amide bonds. The van der Waals surface area contributed by atoms with Gasteiger partial charge in [0.05, 0.1) is 6.10 Å². The first-order valence-corrected chi connectivity index (χ1v) is 9.35. The van der Waals surface area contributed by atoms with E-state index in [4.69, 9.17) is 9.47 Å². The molecule has 2 aliphatic heterocycles. The van der Waals surface area contributed by atoms with Crippen LogP contribution < -0.4 is 10.2 Å². The summed E-state index contributed by atoms with van der Waals surface area (Å²) in [6, 6.07) is 2.52. The highest BCUT2D eigenvalue weighted by atomic mass is 16.5. The summed E-state index contributed by atoms with van der Waals surface area (Å²) in [5.41, 5.74) is 0.201. The summed E-state index contributed by atoms with van der Waals surface area (Å²) < 4.78 is 11.6. The predicted molar refractivity (Wildman–Crippen MR) is 93.4 cm³/mol. The predicted octanol–water partition coefficient (Wildman–Crippen LogP) is 2.46. The normalized spacial score (nSPS) is 28.8. The molecular formula is C18H28N4O2. The Labute approximate surface area is 143 Å². The highest BCUT2D eigenvalue weighted by Crippen LogP contribution is 2.51. The van der Waals surface area contributed by atoms with Crippen molar-refractivity contribution >= 4 is 11.6 Å². The van der Waals surface area contributed by atoms with E-state index in [0.717, 1.165) is 63.8 Å². The fraction of sp³-hybridized carbons (Fsp3) is 0.778. The first-order chi connectivity index (χ1) is 11.8. The molecule has 1 aliphatic carbocycles. The van der Waals surface area contributed by atoms with Gasteiger partial charge in [-0.2, -0.15) is 0 Å². The average Bonchev–Trinajstić information content (AvgIpc) is 3.17. The van der Waals surface area contributed by atoms with Gasteiger partial charge in [0.15, 0.2) is 0 Å². The molecule has 24 heavy (non-hydrogen) atoms. The lowest BCUT2D eigenvalue weighted by Crippen LogP contribution is -2.63. The second kappa shape index (κ2) is 6.84. The Morgan fingerprint density at radius 1 is 1.29 bits per heavy atom. The lowest BCUT2D eigenvalue weighted by molar-refractivity contribution is -0.159. The highest BCUT2D eigenvalue weighted by Gasteiger charge is 2.56. The minimum Gasteiger partial charge on any atom is -0.381 e. The molecule has 3 aliphatic rings. The Morgan fingerprint density at radius 3 is 2.83 bits per heavy atom. The summed E-state index contributed by atoms with van der Waals surface area (Å²) in [5.74, 6) is 1.99. The summed E-state index contributed by atoms with van der Waals surface area (Å²) in [7, 11) is 0. The smallest absolute Gasteiger partial charge is 0.134 e. The SMILES string of the molecule is CCO[C@@H]1C[C@H](Nc2cc(N3CCCC3)ncn2)C12CCOCC2. The second-order valence-corrected chi connectivity index (χ2v) is 7.18. The summed E-state index contributed by atoms with van der Waals surface area (Å²) >= 11 is 0. The van der Waals surface area contributed by atoms with Gasteiger partial charge < -0.3 is 19.7 Å². The number of hydrogen-bond donors (Lipinski definition) is 1. The fourth-order valence-electron chi connectivity index (χ4n) is 4.53. The number of rotatable bonds is 5. The molecule has 0 unspecified atom stereocenters. The van der Waals surface area contributed by atoms with Crippen LogP contribution in [0.4, 0.5) is 11.6 Å². The standard InChI is InChI=1S/C18H28N4O2/c1-2-24-15-11-14(18(15)5-9-23-10-6-18)21-16-12-17(20-13-19-16)22-7-3-4-8-22/h12-15H,2-11H2,1H3,(H,19,20,21)/t14-,15+/m0/s1. The van der Waals surface area contributed by atoms with Crippen LogP contribution in [0.2, 0.25) is 0 Å². The molecule has 1 saturated carbocycles. The molecule has 0 bridgehead atoms. The van der Waals surface area contributed by atoms with E-state index in [9.17, 15) is 0 Å².